The van der Waals surface area contributed by atoms with Gasteiger partial charge >= 0.3 is 0 Å². The van der Waals surface area contributed by atoms with E-state index in [9.17, 15) is 14.0 Å². The monoisotopic (exact) mass is 427 g/mol. The zero-order chi connectivity index (χ0) is 21.3. The fourth-order valence-electron chi connectivity index (χ4n) is 3.91. The number of carbonyl (C=O) groups excluding carboxylic acids is 2. The number of rotatable bonds is 5. The van der Waals surface area contributed by atoms with Crippen LogP contribution in [0.5, 0.6) is 0 Å². The van der Waals surface area contributed by atoms with Crippen LogP contribution < -0.4 is 0 Å². The van der Waals surface area contributed by atoms with Crippen LogP contribution in [0.3, 0.4) is 0 Å². The van der Waals surface area contributed by atoms with Gasteiger partial charge in [-0.3, -0.25) is 9.59 Å². The molecule has 5 nitrogen and oxygen atoms in total. The Morgan fingerprint density at radius 3 is 2.53 bits per heavy atom. The van der Waals surface area contributed by atoms with Crippen LogP contribution >= 0.6 is 11.6 Å². The normalized spacial score (nSPS) is 18.7. The van der Waals surface area contributed by atoms with Crippen molar-refractivity contribution < 1.29 is 14.0 Å². The standard InChI is InChI=1S/C23H23ClFN3O2/c1-27(23(30)15-7-6-8-15)14-22(29)28-21(17-10-3-5-12-19(17)25)13-20(26-28)16-9-2-4-11-18(16)24/h2-5,9-12,15,21H,6-8,13-14H2,1H3. The molecule has 1 aliphatic heterocycles. The Balaban J connectivity index is 1.61. The van der Waals surface area contributed by atoms with Crippen LogP contribution in [0, 0.1) is 11.7 Å². The molecule has 156 valence electrons. The highest BCUT2D eigenvalue weighted by Gasteiger charge is 2.36. The Labute approximate surface area is 180 Å². The van der Waals surface area contributed by atoms with Crippen molar-refractivity contribution in [1.29, 1.82) is 0 Å². The van der Waals surface area contributed by atoms with Gasteiger partial charge in [0.15, 0.2) is 0 Å². The highest BCUT2D eigenvalue weighted by Crippen LogP contribution is 2.35. The second-order valence-corrected chi connectivity index (χ2v) is 8.24. The third kappa shape index (κ3) is 3.97. The molecule has 1 saturated carbocycles. The fourth-order valence-corrected chi connectivity index (χ4v) is 4.15. The molecule has 0 N–H and O–H groups in total. The molecule has 2 aromatic carbocycles. The van der Waals surface area contributed by atoms with Crippen molar-refractivity contribution in [2.75, 3.05) is 13.6 Å². The molecule has 0 saturated heterocycles. The summed E-state index contributed by atoms with van der Waals surface area (Å²) in [6, 6.07) is 13.1. The van der Waals surface area contributed by atoms with Crippen molar-refractivity contribution in [3.05, 3.63) is 70.5 Å². The molecular weight excluding hydrogens is 405 g/mol. The lowest BCUT2D eigenvalue weighted by atomic mass is 9.84. The Bertz CT molecular complexity index is 1010. The maximum atomic E-state index is 14.6. The third-order valence-electron chi connectivity index (χ3n) is 5.82. The summed E-state index contributed by atoms with van der Waals surface area (Å²) in [6.45, 7) is -0.0976. The van der Waals surface area contributed by atoms with E-state index in [0.29, 0.717) is 22.7 Å². The number of likely N-dealkylation sites (N-methyl/N-ethyl adjacent to an activating group) is 1. The van der Waals surface area contributed by atoms with E-state index in [1.54, 1.807) is 31.3 Å². The second kappa shape index (κ2) is 8.56. The average molecular weight is 428 g/mol. The molecule has 1 atom stereocenters. The number of hydrogen-bond donors (Lipinski definition) is 0. The molecule has 4 rings (SSSR count). The molecule has 1 unspecified atom stereocenters. The second-order valence-electron chi connectivity index (χ2n) is 7.83. The maximum absolute atomic E-state index is 14.6. The van der Waals surface area contributed by atoms with Gasteiger partial charge in [-0.1, -0.05) is 54.4 Å². The summed E-state index contributed by atoms with van der Waals surface area (Å²) in [7, 11) is 1.63. The molecular formula is C23H23ClFN3O2. The van der Waals surface area contributed by atoms with E-state index in [4.69, 9.17) is 11.6 Å². The average Bonchev–Trinajstić information content (AvgIpc) is 3.12. The van der Waals surface area contributed by atoms with Crippen LogP contribution in [0.15, 0.2) is 53.6 Å². The lowest BCUT2D eigenvalue weighted by Crippen LogP contribution is -2.43. The summed E-state index contributed by atoms with van der Waals surface area (Å²) in [5.41, 5.74) is 1.73. The highest BCUT2D eigenvalue weighted by atomic mass is 35.5. The summed E-state index contributed by atoms with van der Waals surface area (Å²) in [4.78, 5) is 27.0. The van der Waals surface area contributed by atoms with E-state index in [-0.39, 0.29) is 24.3 Å². The smallest absolute Gasteiger partial charge is 0.262 e. The van der Waals surface area contributed by atoms with E-state index in [1.807, 2.05) is 18.2 Å². The van der Waals surface area contributed by atoms with E-state index in [2.05, 4.69) is 5.10 Å². The zero-order valence-electron chi connectivity index (χ0n) is 16.7. The first-order valence-corrected chi connectivity index (χ1v) is 10.5. The van der Waals surface area contributed by atoms with E-state index >= 15 is 0 Å². The van der Waals surface area contributed by atoms with Gasteiger partial charge in [-0.2, -0.15) is 5.10 Å². The van der Waals surface area contributed by atoms with Gasteiger partial charge in [0.1, 0.15) is 12.4 Å². The summed E-state index contributed by atoms with van der Waals surface area (Å²) < 4.78 is 14.6. The number of hydrogen-bond acceptors (Lipinski definition) is 3. The van der Waals surface area contributed by atoms with Gasteiger partial charge in [0.2, 0.25) is 5.91 Å². The largest absolute Gasteiger partial charge is 0.336 e. The molecule has 1 heterocycles. The van der Waals surface area contributed by atoms with Crippen LogP contribution in [0.1, 0.15) is 42.9 Å². The van der Waals surface area contributed by atoms with E-state index < -0.39 is 11.9 Å². The van der Waals surface area contributed by atoms with Gasteiger partial charge in [-0.15, -0.1) is 0 Å². The lowest BCUT2D eigenvalue weighted by molar-refractivity contribution is -0.144. The van der Waals surface area contributed by atoms with Gasteiger partial charge in [0.05, 0.1) is 11.8 Å². The molecule has 30 heavy (non-hydrogen) atoms. The summed E-state index contributed by atoms with van der Waals surface area (Å²) in [5, 5.41) is 6.35. The number of halogens is 2. The SMILES string of the molecule is CN(CC(=O)N1N=C(c2ccccc2Cl)CC1c1ccccc1F)C(=O)C1CCC1. The predicted octanol–water partition coefficient (Wildman–Crippen LogP) is 4.42. The fraction of sp³-hybridized carbons (Fsp3) is 0.348. The number of carbonyl (C=O) groups is 2. The number of hydrazone groups is 1. The summed E-state index contributed by atoms with van der Waals surface area (Å²) in [6.07, 6.45) is 3.13. The molecule has 2 aromatic rings. The predicted molar refractivity (Wildman–Crippen MR) is 114 cm³/mol. The lowest BCUT2D eigenvalue weighted by Gasteiger charge is -2.30. The van der Waals surface area contributed by atoms with Gasteiger partial charge in [-0.05, 0) is 25.0 Å². The van der Waals surface area contributed by atoms with Crippen LogP contribution in [-0.4, -0.2) is 41.0 Å². The van der Waals surface area contributed by atoms with Crippen molar-refractivity contribution in [3.8, 4) is 0 Å². The molecule has 0 radical (unpaired) electrons. The Kier molecular flexibility index (Phi) is 5.86. The zero-order valence-corrected chi connectivity index (χ0v) is 17.5. The van der Waals surface area contributed by atoms with Crippen molar-refractivity contribution >= 4 is 29.1 Å². The molecule has 0 aromatic heterocycles. The molecule has 1 aliphatic carbocycles. The van der Waals surface area contributed by atoms with E-state index in [0.717, 1.165) is 24.8 Å². The summed E-state index contributed by atoms with van der Waals surface area (Å²) in [5.74, 6) is -0.757. The first kappa shape index (κ1) is 20.5. The number of nitrogens with zero attached hydrogens (tertiary/aromatic N) is 3. The Morgan fingerprint density at radius 2 is 1.87 bits per heavy atom. The Morgan fingerprint density at radius 1 is 1.17 bits per heavy atom. The highest BCUT2D eigenvalue weighted by molar-refractivity contribution is 6.34. The summed E-state index contributed by atoms with van der Waals surface area (Å²) >= 11 is 6.33. The van der Waals surface area contributed by atoms with Gasteiger partial charge in [0, 0.05) is 35.5 Å². The minimum Gasteiger partial charge on any atom is -0.336 e. The molecule has 0 spiro atoms. The van der Waals surface area contributed by atoms with Gasteiger partial charge in [-0.25, -0.2) is 9.40 Å². The molecule has 2 aliphatic rings. The maximum Gasteiger partial charge on any atom is 0.262 e. The van der Waals surface area contributed by atoms with Crippen molar-refractivity contribution in [2.24, 2.45) is 11.0 Å². The van der Waals surface area contributed by atoms with E-state index in [1.165, 1.54) is 16.0 Å². The topological polar surface area (TPSA) is 53.0 Å². The third-order valence-corrected chi connectivity index (χ3v) is 6.15. The Hall–Kier alpha value is -2.73. The number of benzene rings is 2. The quantitative estimate of drug-likeness (QED) is 0.709. The molecule has 1 fully saturated rings. The molecule has 0 bridgehead atoms. The first-order chi connectivity index (χ1) is 14.5. The van der Waals surface area contributed by atoms with Crippen LogP contribution in [-0.2, 0) is 9.59 Å². The van der Waals surface area contributed by atoms with Gasteiger partial charge in [0.25, 0.3) is 5.91 Å². The van der Waals surface area contributed by atoms with Crippen molar-refractivity contribution in [1.82, 2.24) is 9.91 Å². The van der Waals surface area contributed by atoms with Crippen LogP contribution in [0.25, 0.3) is 0 Å². The van der Waals surface area contributed by atoms with Crippen LogP contribution in [0.4, 0.5) is 4.39 Å². The number of amides is 2. The van der Waals surface area contributed by atoms with Crippen molar-refractivity contribution in [2.45, 2.75) is 31.7 Å². The first-order valence-electron chi connectivity index (χ1n) is 10.1. The minimum atomic E-state index is -0.586. The van der Waals surface area contributed by atoms with Crippen LogP contribution in [0.2, 0.25) is 5.02 Å². The molecule has 2 amide bonds. The minimum absolute atomic E-state index is 0.00549. The molecule has 7 heteroatoms. The van der Waals surface area contributed by atoms with Crippen molar-refractivity contribution in [3.63, 3.8) is 0 Å². The van der Waals surface area contributed by atoms with Gasteiger partial charge < -0.3 is 4.90 Å².